The van der Waals surface area contributed by atoms with Crippen LogP contribution in [0.2, 0.25) is 0 Å². The van der Waals surface area contributed by atoms with E-state index in [2.05, 4.69) is 11.7 Å². The molecule has 4 aromatic carbocycles. The fourth-order valence-electron chi connectivity index (χ4n) is 4.22. The highest BCUT2D eigenvalue weighted by molar-refractivity contribution is 5.89. The number of unbranched alkanes of at least 4 members (excludes halogenated alkanes) is 2. The van der Waals surface area contributed by atoms with Crippen molar-refractivity contribution in [1.29, 1.82) is 0 Å². The van der Waals surface area contributed by atoms with Crippen LogP contribution < -0.4 is 4.74 Å². The lowest BCUT2D eigenvalue weighted by atomic mass is 9.95. The predicted molar refractivity (Wildman–Crippen MR) is 125 cm³/mol. The van der Waals surface area contributed by atoms with Crippen molar-refractivity contribution in [2.24, 2.45) is 0 Å². The van der Waals surface area contributed by atoms with Crippen LogP contribution in [0, 0.1) is 29.1 Å². The molecule has 1 nitrogen and oxygen atoms in total. The monoisotopic (exact) mass is 524 g/mol. The van der Waals surface area contributed by atoms with Gasteiger partial charge in [-0.25, -0.2) is 22.0 Å². The number of aryl methyl sites for hydroxylation is 1. The second-order valence-corrected chi connectivity index (χ2v) is 8.57. The van der Waals surface area contributed by atoms with E-state index in [9.17, 15) is 30.7 Å². The van der Waals surface area contributed by atoms with Crippen LogP contribution in [0.15, 0.2) is 54.6 Å². The van der Waals surface area contributed by atoms with E-state index in [1.54, 1.807) is 18.2 Å². The third kappa shape index (κ3) is 5.70. The number of hydrogen-bond acceptors (Lipinski definition) is 1. The molecule has 0 aromatic heterocycles. The number of fused-ring (bicyclic) bond motifs is 1. The third-order valence-electron chi connectivity index (χ3n) is 5.95. The first-order chi connectivity index (χ1) is 17.5. The molecule has 0 aliphatic carbocycles. The van der Waals surface area contributed by atoms with E-state index in [-0.39, 0.29) is 16.5 Å². The molecule has 9 heteroatoms. The van der Waals surface area contributed by atoms with E-state index < -0.39 is 52.3 Å². The van der Waals surface area contributed by atoms with Gasteiger partial charge in [0.2, 0.25) is 5.75 Å². The van der Waals surface area contributed by atoms with E-state index in [1.165, 1.54) is 6.07 Å². The van der Waals surface area contributed by atoms with Gasteiger partial charge in [0, 0.05) is 10.9 Å². The Labute approximate surface area is 207 Å². The van der Waals surface area contributed by atoms with Crippen LogP contribution in [0.3, 0.4) is 0 Å². The van der Waals surface area contributed by atoms with Gasteiger partial charge in [-0.05, 0) is 59.2 Å². The van der Waals surface area contributed by atoms with Gasteiger partial charge in [-0.15, -0.1) is 13.2 Å². The first-order valence-corrected chi connectivity index (χ1v) is 11.4. The van der Waals surface area contributed by atoms with Crippen molar-refractivity contribution in [3.05, 3.63) is 89.2 Å². The molecule has 0 aliphatic rings. The molecule has 0 unspecified atom stereocenters. The number of hydrogen-bond donors (Lipinski definition) is 0. The molecular weight excluding hydrogens is 504 g/mol. The third-order valence-corrected chi connectivity index (χ3v) is 5.95. The largest absolute Gasteiger partial charge is 0.573 e. The van der Waals surface area contributed by atoms with Gasteiger partial charge >= 0.3 is 6.36 Å². The van der Waals surface area contributed by atoms with Crippen molar-refractivity contribution in [2.75, 3.05) is 0 Å². The van der Waals surface area contributed by atoms with Crippen molar-refractivity contribution in [1.82, 2.24) is 0 Å². The molecular formula is C28H20F8O. The van der Waals surface area contributed by atoms with Crippen LogP contribution in [0.1, 0.15) is 31.7 Å². The van der Waals surface area contributed by atoms with Gasteiger partial charge < -0.3 is 4.74 Å². The number of alkyl halides is 3. The highest BCUT2D eigenvalue weighted by atomic mass is 19.4. The second kappa shape index (κ2) is 10.4. The van der Waals surface area contributed by atoms with E-state index in [1.807, 2.05) is 6.07 Å². The summed E-state index contributed by atoms with van der Waals surface area (Å²) in [5.41, 5.74) is -0.802. The summed E-state index contributed by atoms with van der Waals surface area (Å²) in [6.45, 7) is 2.09. The zero-order valence-electron chi connectivity index (χ0n) is 19.5. The maximum absolute atomic E-state index is 15.3. The zero-order valence-corrected chi connectivity index (χ0v) is 19.5. The molecule has 4 rings (SSSR count). The molecule has 194 valence electrons. The lowest BCUT2D eigenvalue weighted by Crippen LogP contribution is -2.19. The standard InChI is InChI=1S/C28H20F8O/c1-2-3-4-5-15-6-8-19-16(10-15)7-9-20(26(19)33)17-11-21(29)25(22(30)12-17)18-13-23(31)27(24(32)14-18)37-28(34,35)36/h6-14H,2-5H2,1H3. The molecule has 0 atom stereocenters. The molecule has 0 spiro atoms. The molecule has 0 heterocycles. The Morgan fingerprint density at radius 2 is 1.32 bits per heavy atom. The summed E-state index contributed by atoms with van der Waals surface area (Å²) in [7, 11) is 0. The SMILES string of the molecule is CCCCCc1ccc2c(F)c(-c3cc(F)c(-c4cc(F)c(OC(F)(F)F)c(F)c4)c(F)c3)ccc2c1. The fourth-order valence-corrected chi connectivity index (χ4v) is 4.22. The number of benzene rings is 4. The molecule has 0 fully saturated rings. The van der Waals surface area contributed by atoms with Crippen LogP contribution in [-0.4, -0.2) is 6.36 Å². The van der Waals surface area contributed by atoms with E-state index >= 15 is 4.39 Å². The minimum Gasteiger partial charge on any atom is -0.399 e. The van der Waals surface area contributed by atoms with Gasteiger partial charge in [0.05, 0.1) is 5.56 Å². The van der Waals surface area contributed by atoms with Crippen LogP contribution in [0.4, 0.5) is 35.1 Å². The molecule has 0 N–H and O–H groups in total. The van der Waals surface area contributed by atoms with E-state index in [0.717, 1.165) is 43.4 Å². The summed E-state index contributed by atoms with van der Waals surface area (Å²) in [5.74, 6) is -8.63. The zero-order chi connectivity index (χ0) is 26.9. The van der Waals surface area contributed by atoms with Crippen LogP contribution in [0.25, 0.3) is 33.0 Å². The molecule has 0 bridgehead atoms. The first-order valence-electron chi connectivity index (χ1n) is 11.4. The highest BCUT2D eigenvalue weighted by Gasteiger charge is 2.34. The van der Waals surface area contributed by atoms with Crippen molar-refractivity contribution in [2.45, 2.75) is 39.0 Å². The van der Waals surface area contributed by atoms with Gasteiger partial charge in [0.15, 0.2) is 11.6 Å². The minimum atomic E-state index is -5.37. The van der Waals surface area contributed by atoms with E-state index in [4.69, 9.17) is 0 Å². The topological polar surface area (TPSA) is 9.23 Å². The van der Waals surface area contributed by atoms with Crippen molar-refractivity contribution >= 4 is 10.8 Å². The maximum Gasteiger partial charge on any atom is 0.573 e. The molecule has 4 aromatic rings. The van der Waals surface area contributed by atoms with Crippen molar-refractivity contribution in [3.63, 3.8) is 0 Å². The number of ether oxygens (including phenoxy) is 1. The van der Waals surface area contributed by atoms with Crippen LogP contribution in [-0.2, 0) is 6.42 Å². The Kier molecular flexibility index (Phi) is 7.43. The molecule has 0 saturated heterocycles. The summed E-state index contributed by atoms with van der Waals surface area (Å²) < 4.78 is 114. The first kappa shape index (κ1) is 26.4. The molecule has 37 heavy (non-hydrogen) atoms. The Morgan fingerprint density at radius 1 is 0.703 bits per heavy atom. The lowest BCUT2D eigenvalue weighted by Gasteiger charge is -2.14. The van der Waals surface area contributed by atoms with Crippen LogP contribution >= 0.6 is 0 Å². The van der Waals surface area contributed by atoms with Gasteiger partial charge in [-0.3, -0.25) is 0 Å². The lowest BCUT2D eigenvalue weighted by molar-refractivity contribution is -0.276. The minimum absolute atomic E-state index is 0.0955. The Balaban J connectivity index is 1.71. The average Bonchev–Trinajstić information content (AvgIpc) is 2.81. The van der Waals surface area contributed by atoms with Crippen molar-refractivity contribution < 1.29 is 39.9 Å². The van der Waals surface area contributed by atoms with E-state index in [0.29, 0.717) is 17.5 Å². The molecule has 0 saturated carbocycles. The highest BCUT2D eigenvalue weighted by Crippen LogP contribution is 2.37. The maximum atomic E-state index is 15.3. The molecule has 0 aliphatic heterocycles. The number of rotatable bonds is 7. The van der Waals surface area contributed by atoms with Crippen molar-refractivity contribution in [3.8, 4) is 28.0 Å². The van der Waals surface area contributed by atoms with Gasteiger partial charge in [0.25, 0.3) is 0 Å². The summed E-state index contributed by atoms with van der Waals surface area (Å²) in [4.78, 5) is 0. The van der Waals surface area contributed by atoms with Crippen LogP contribution in [0.5, 0.6) is 5.75 Å². The van der Waals surface area contributed by atoms with Gasteiger partial charge in [-0.2, -0.15) is 0 Å². The smallest absolute Gasteiger partial charge is 0.399 e. The molecule has 0 radical (unpaired) electrons. The predicted octanol–water partition coefficient (Wildman–Crippen LogP) is 9.50. The average molecular weight is 524 g/mol. The summed E-state index contributed by atoms with van der Waals surface area (Å²) in [5, 5.41) is 0.881. The molecule has 0 amide bonds. The fraction of sp³-hybridized carbons (Fsp3) is 0.214. The number of halogens is 8. The Hall–Kier alpha value is -3.62. The summed E-state index contributed by atoms with van der Waals surface area (Å²) in [6.07, 6.45) is -1.39. The summed E-state index contributed by atoms with van der Waals surface area (Å²) in [6, 6.07) is 10.5. The van der Waals surface area contributed by atoms with Gasteiger partial charge in [-0.1, -0.05) is 50.1 Å². The quantitative estimate of drug-likeness (QED) is 0.173. The van der Waals surface area contributed by atoms with Gasteiger partial charge in [0.1, 0.15) is 17.5 Å². The Morgan fingerprint density at radius 3 is 1.92 bits per heavy atom. The Bertz CT molecular complexity index is 1410. The second-order valence-electron chi connectivity index (χ2n) is 8.57. The summed E-state index contributed by atoms with van der Waals surface area (Å²) >= 11 is 0. The normalized spacial score (nSPS) is 11.8.